The van der Waals surface area contributed by atoms with Gasteiger partial charge in [-0.15, -0.1) is 0 Å². The lowest BCUT2D eigenvalue weighted by molar-refractivity contribution is -0.130. The van der Waals surface area contributed by atoms with E-state index in [-0.39, 0.29) is 23.5 Å². The lowest BCUT2D eigenvalue weighted by Gasteiger charge is -2.43. The minimum atomic E-state index is -0.363. The highest BCUT2D eigenvalue weighted by atomic mass is 16.5. The molecule has 1 N–H and O–H groups in total. The van der Waals surface area contributed by atoms with E-state index in [0.29, 0.717) is 44.3 Å². The fourth-order valence-electron chi connectivity index (χ4n) is 3.73. The van der Waals surface area contributed by atoms with Crippen molar-refractivity contribution in [2.24, 2.45) is 0 Å². The quantitative estimate of drug-likeness (QED) is 0.839. The molecule has 2 fully saturated rings. The third kappa shape index (κ3) is 3.67. The molecule has 1 atom stereocenters. The molecule has 2 saturated heterocycles. The first-order chi connectivity index (χ1) is 12.4. The fourth-order valence-corrected chi connectivity index (χ4v) is 3.73. The van der Waals surface area contributed by atoms with E-state index in [1.54, 1.807) is 12.0 Å². The molecule has 1 aromatic heterocycles. The number of aromatic nitrogens is 2. The first kappa shape index (κ1) is 18.6. The maximum Gasteiger partial charge on any atom is 0.318 e. The highest BCUT2D eigenvalue weighted by molar-refractivity contribution is 5.79. The Bertz CT molecular complexity index is 653. The summed E-state index contributed by atoms with van der Waals surface area (Å²) in [7, 11) is 3.50. The van der Waals surface area contributed by atoms with Crippen LogP contribution in [0.15, 0.2) is 4.52 Å². The Kier molecular flexibility index (Phi) is 5.45. The number of hydrogen-bond acceptors (Lipinski definition) is 6. The molecule has 0 radical (unpaired) electrons. The van der Waals surface area contributed by atoms with Gasteiger partial charge < -0.3 is 24.4 Å². The molecule has 0 bridgehead atoms. The number of amides is 3. The molecule has 9 nitrogen and oxygen atoms in total. The average molecular weight is 365 g/mol. The van der Waals surface area contributed by atoms with Crippen LogP contribution in [0.5, 0.6) is 0 Å². The van der Waals surface area contributed by atoms with E-state index >= 15 is 0 Å². The van der Waals surface area contributed by atoms with Crippen molar-refractivity contribution in [2.45, 2.75) is 50.6 Å². The molecule has 3 amide bonds. The number of hydrogen-bond donors (Lipinski definition) is 1. The number of carbonyl (C=O) groups is 2. The third-order valence-corrected chi connectivity index (χ3v) is 5.60. The molecule has 2 aliphatic rings. The molecule has 144 valence electrons. The molecule has 0 unspecified atom stereocenters. The van der Waals surface area contributed by atoms with Crippen LogP contribution in [0.3, 0.4) is 0 Å². The van der Waals surface area contributed by atoms with Gasteiger partial charge in [0.25, 0.3) is 0 Å². The van der Waals surface area contributed by atoms with Crippen LogP contribution in [0.4, 0.5) is 4.79 Å². The van der Waals surface area contributed by atoms with Crippen LogP contribution in [0.1, 0.15) is 50.4 Å². The Balaban J connectivity index is 1.51. The maximum atomic E-state index is 12.5. The van der Waals surface area contributed by atoms with E-state index in [1.165, 1.54) is 0 Å². The van der Waals surface area contributed by atoms with Crippen LogP contribution >= 0.6 is 0 Å². The average Bonchev–Trinajstić information content (AvgIpc) is 3.22. The van der Waals surface area contributed by atoms with Gasteiger partial charge in [-0.05, 0) is 26.2 Å². The number of rotatable bonds is 5. The predicted molar refractivity (Wildman–Crippen MR) is 92.4 cm³/mol. The first-order valence-electron chi connectivity index (χ1n) is 9.09. The fraction of sp³-hybridized carbons (Fsp3) is 0.765. The normalized spacial score (nSPS) is 20.7. The minimum Gasteiger partial charge on any atom is -0.384 e. The lowest BCUT2D eigenvalue weighted by atomic mass is 9.85. The van der Waals surface area contributed by atoms with Crippen molar-refractivity contribution in [3.63, 3.8) is 0 Å². The second-order valence-electron chi connectivity index (χ2n) is 7.13. The summed E-state index contributed by atoms with van der Waals surface area (Å²) in [5.41, 5.74) is -0.0672. The van der Waals surface area contributed by atoms with Gasteiger partial charge in [-0.25, -0.2) is 4.79 Å². The summed E-state index contributed by atoms with van der Waals surface area (Å²) < 4.78 is 10.2. The molecule has 2 aliphatic heterocycles. The third-order valence-electron chi connectivity index (χ3n) is 5.60. The minimum absolute atomic E-state index is 0.0672. The van der Waals surface area contributed by atoms with Gasteiger partial charge in [0, 0.05) is 45.6 Å². The zero-order valence-corrected chi connectivity index (χ0v) is 15.7. The Morgan fingerprint density at radius 3 is 2.73 bits per heavy atom. The topological polar surface area (TPSA) is 101 Å². The number of methoxy groups -OCH3 is 1. The molecule has 0 aliphatic carbocycles. The molecule has 3 rings (SSSR count). The van der Waals surface area contributed by atoms with Crippen molar-refractivity contribution >= 4 is 11.9 Å². The van der Waals surface area contributed by atoms with E-state index in [1.807, 2.05) is 18.9 Å². The molecule has 26 heavy (non-hydrogen) atoms. The second kappa shape index (κ2) is 7.61. The van der Waals surface area contributed by atoms with E-state index in [9.17, 15) is 9.59 Å². The summed E-state index contributed by atoms with van der Waals surface area (Å²) >= 11 is 0. The van der Waals surface area contributed by atoms with Crippen LogP contribution in [0.2, 0.25) is 0 Å². The molecule has 9 heteroatoms. The molecule has 0 aromatic carbocycles. The second-order valence-corrected chi connectivity index (χ2v) is 7.13. The van der Waals surface area contributed by atoms with Crippen molar-refractivity contribution in [3.05, 3.63) is 11.7 Å². The van der Waals surface area contributed by atoms with Crippen LogP contribution in [0, 0.1) is 0 Å². The van der Waals surface area contributed by atoms with Crippen molar-refractivity contribution in [1.82, 2.24) is 25.3 Å². The van der Waals surface area contributed by atoms with Gasteiger partial charge in [-0.3, -0.25) is 4.79 Å². The summed E-state index contributed by atoms with van der Waals surface area (Å²) in [6, 6.07) is -0.506. The molecule has 1 spiro atoms. The van der Waals surface area contributed by atoms with Gasteiger partial charge in [-0.1, -0.05) is 5.16 Å². The van der Waals surface area contributed by atoms with Gasteiger partial charge >= 0.3 is 6.03 Å². The number of nitrogens with one attached hydrogen (secondary N) is 1. The number of carbonyl (C=O) groups excluding carboxylic acids is 2. The smallest absolute Gasteiger partial charge is 0.318 e. The van der Waals surface area contributed by atoms with Gasteiger partial charge in [0.1, 0.15) is 6.04 Å². The largest absolute Gasteiger partial charge is 0.384 e. The SMILES string of the molecule is COCCc1noc([C@@H](C)NC(=O)N2CCC3(CCC(=O)N3C)CC2)n1. The predicted octanol–water partition coefficient (Wildman–Crippen LogP) is 1.12. The number of likely N-dealkylation sites (tertiary alicyclic amines) is 2. The van der Waals surface area contributed by atoms with Gasteiger partial charge in [0.05, 0.1) is 6.61 Å². The molecule has 0 saturated carbocycles. The van der Waals surface area contributed by atoms with Gasteiger partial charge in [0.2, 0.25) is 11.8 Å². The molecule has 1 aromatic rings. The van der Waals surface area contributed by atoms with E-state index < -0.39 is 0 Å². The number of piperidine rings is 1. The van der Waals surface area contributed by atoms with Crippen molar-refractivity contribution in [1.29, 1.82) is 0 Å². The van der Waals surface area contributed by atoms with E-state index in [4.69, 9.17) is 9.26 Å². The maximum absolute atomic E-state index is 12.5. The van der Waals surface area contributed by atoms with Crippen molar-refractivity contribution in [3.8, 4) is 0 Å². The highest BCUT2D eigenvalue weighted by Gasteiger charge is 2.45. The van der Waals surface area contributed by atoms with Crippen LogP contribution < -0.4 is 5.32 Å². The zero-order valence-electron chi connectivity index (χ0n) is 15.7. The van der Waals surface area contributed by atoms with Crippen LogP contribution in [0.25, 0.3) is 0 Å². The summed E-state index contributed by atoms with van der Waals surface area (Å²) in [6.07, 6.45) is 3.71. The summed E-state index contributed by atoms with van der Waals surface area (Å²) in [5.74, 6) is 1.16. The summed E-state index contributed by atoms with van der Waals surface area (Å²) in [5, 5.41) is 6.80. The van der Waals surface area contributed by atoms with E-state index in [2.05, 4.69) is 15.5 Å². The molecular formula is C17H27N5O4. The van der Waals surface area contributed by atoms with E-state index in [0.717, 1.165) is 19.3 Å². The summed E-state index contributed by atoms with van der Waals surface area (Å²) in [6.45, 7) is 3.62. The first-order valence-corrected chi connectivity index (χ1v) is 9.09. The Morgan fingerprint density at radius 2 is 2.12 bits per heavy atom. The number of nitrogens with zero attached hydrogens (tertiary/aromatic N) is 4. The lowest BCUT2D eigenvalue weighted by Crippen LogP contribution is -2.54. The van der Waals surface area contributed by atoms with Gasteiger partial charge in [0.15, 0.2) is 5.82 Å². The van der Waals surface area contributed by atoms with Gasteiger partial charge in [-0.2, -0.15) is 4.98 Å². The molecular weight excluding hydrogens is 338 g/mol. The monoisotopic (exact) mass is 365 g/mol. The Hall–Kier alpha value is -2.16. The van der Waals surface area contributed by atoms with Crippen molar-refractivity contribution < 1.29 is 18.8 Å². The Morgan fingerprint density at radius 1 is 1.38 bits per heavy atom. The number of urea groups is 1. The Labute approximate surface area is 153 Å². The standard InChI is InChI=1S/C17H27N5O4/c1-12(15-19-13(20-26-15)5-11-25-3)18-16(24)22-9-7-17(8-10-22)6-4-14(23)21(17)2/h12H,4-11H2,1-3H3,(H,18,24)/t12-/m1/s1. The number of ether oxygens (including phenoxy) is 1. The van der Waals surface area contributed by atoms with Crippen LogP contribution in [-0.2, 0) is 16.0 Å². The zero-order chi connectivity index (χ0) is 18.7. The highest BCUT2D eigenvalue weighted by Crippen LogP contribution is 2.37. The summed E-state index contributed by atoms with van der Waals surface area (Å²) in [4.78, 5) is 32.3. The molecule has 3 heterocycles. The van der Waals surface area contributed by atoms with Crippen molar-refractivity contribution in [2.75, 3.05) is 33.9 Å². The van der Waals surface area contributed by atoms with Crippen LogP contribution in [-0.4, -0.2) is 71.3 Å².